The summed E-state index contributed by atoms with van der Waals surface area (Å²) in [4.78, 5) is 15.3. The number of allylic oxidation sites excluding steroid dienone is 2. The van der Waals surface area contributed by atoms with Crippen molar-refractivity contribution in [2.24, 2.45) is 9.98 Å². The molecule has 4 nitrogen and oxygen atoms in total. The van der Waals surface area contributed by atoms with Crippen molar-refractivity contribution in [2.75, 3.05) is 0 Å². The second kappa shape index (κ2) is 10.7. The van der Waals surface area contributed by atoms with Gasteiger partial charge in [-0.25, -0.2) is 4.98 Å². The summed E-state index contributed by atoms with van der Waals surface area (Å²) in [5.41, 5.74) is 15.6. The fourth-order valence-corrected chi connectivity index (χ4v) is 7.57. The third-order valence-corrected chi connectivity index (χ3v) is 9.32. The molecular formula is C40H37N3O. The topological polar surface area (TPSA) is 50.8 Å². The molecule has 7 rings (SSSR count). The Morgan fingerprint density at radius 1 is 0.864 bits per heavy atom. The Kier molecular flexibility index (Phi) is 6.81. The molecule has 0 N–H and O–H groups in total. The van der Waals surface area contributed by atoms with Gasteiger partial charge in [0.15, 0.2) is 0 Å². The van der Waals surface area contributed by atoms with E-state index in [1.807, 2.05) is 12.2 Å². The quantitative estimate of drug-likeness (QED) is 0.215. The zero-order valence-electron chi connectivity index (χ0n) is 26.0. The van der Waals surface area contributed by atoms with Gasteiger partial charge in [0, 0.05) is 45.5 Å². The summed E-state index contributed by atoms with van der Waals surface area (Å²) in [6.07, 6.45) is 6.17. The molecule has 2 unspecified atom stereocenters. The lowest BCUT2D eigenvalue weighted by Gasteiger charge is -2.32. The number of rotatable bonds is 3. The van der Waals surface area contributed by atoms with Gasteiger partial charge in [-0.2, -0.15) is 0 Å². The molecule has 0 saturated heterocycles. The van der Waals surface area contributed by atoms with Gasteiger partial charge in [0.1, 0.15) is 5.58 Å². The van der Waals surface area contributed by atoms with Crippen molar-refractivity contribution >= 4 is 33.5 Å². The summed E-state index contributed by atoms with van der Waals surface area (Å²) in [5.74, 6) is 0.247. The summed E-state index contributed by atoms with van der Waals surface area (Å²) in [6, 6.07) is 19.7. The fraction of sp³-hybridized carbons (Fsp3) is 0.225. The SMILES string of the molecule is C=CC1=NC2CC(=C)/N=C(/C=C)c3c(cc(C)c4c3oc3nc(-c5c(C)cc(C)cc5C)ccc34)CCC2c2ccccc21. The highest BCUT2D eigenvalue weighted by Gasteiger charge is 2.32. The number of pyridine rings is 1. The minimum Gasteiger partial charge on any atom is -0.437 e. The molecule has 2 atom stereocenters. The minimum absolute atomic E-state index is 0.0501. The van der Waals surface area contributed by atoms with Crippen LogP contribution in [0.4, 0.5) is 0 Å². The lowest BCUT2D eigenvalue weighted by molar-refractivity contribution is 0.490. The predicted molar refractivity (Wildman–Crippen MR) is 184 cm³/mol. The summed E-state index contributed by atoms with van der Waals surface area (Å²) < 4.78 is 6.72. The Morgan fingerprint density at radius 3 is 2.36 bits per heavy atom. The molecular weight excluding hydrogens is 538 g/mol. The molecule has 2 aromatic heterocycles. The maximum atomic E-state index is 6.72. The van der Waals surface area contributed by atoms with Crippen molar-refractivity contribution in [3.8, 4) is 11.3 Å². The van der Waals surface area contributed by atoms with Crippen molar-refractivity contribution in [1.29, 1.82) is 0 Å². The van der Waals surface area contributed by atoms with Crippen LogP contribution in [-0.2, 0) is 6.42 Å². The van der Waals surface area contributed by atoms with Gasteiger partial charge in [-0.05, 0) is 92.6 Å². The van der Waals surface area contributed by atoms with Crippen LogP contribution in [0.5, 0.6) is 0 Å². The molecule has 0 aliphatic carbocycles. The third kappa shape index (κ3) is 4.48. The van der Waals surface area contributed by atoms with Crippen LogP contribution in [0.25, 0.3) is 33.3 Å². The minimum atomic E-state index is 0.0501. The maximum Gasteiger partial charge on any atom is 0.227 e. The number of aliphatic imine (C=N–C) groups is 2. The number of aryl methyl sites for hydroxylation is 5. The van der Waals surface area contributed by atoms with E-state index in [0.29, 0.717) is 12.1 Å². The number of nitrogens with zero attached hydrogens (tertiary/aromatic N) is 3. The van der Waals surface area contributed by atoms with Crippen molar-refractivity contribution in [1.82, 2.24) is 4.98 Å². The van der Waals surface area contributed by atoms with E-state index in [1.165, 1.54) is 38.9 Å². The van der Waals surface area contributed by atoms with E-state index in [1.54, 1.807) is 0 Å². The van der Waals surface area contributed by atoms with E-state index in [-0.39, 0.29) is 12.0 Å². The highest BCUT2D eigenvalue weighted by Crippen LogP contribution is 2.41. The van der Waals surface area contributed by atoms with Crippen LogP contribution in [0.2, 0.25) is 0 Å². The number of hydrogen-bond acceptors (Lipinski definition) is 4. The molecule has 5 aromatic rings. The Labute approximate surface area is 259 Å². The number of benzene rings is 3. The van der Waals surface area contributed by atoms with Crippen molar-refractivity contribution < 1.29 is 4.42 Å². The van der Waals surface area contributed by atoms with Crippen molar-refractivity contribution in [2.45, 2.75) is 58.9 Å². The van der Waals surface area contributed by atoms with Crippen LogP contribution < -0.4 is 0 Å². The first-order valence-corrected chi connectivity index (χ1v) is 15.4. The normalized spacial score (nSPS) is 19.4. The number of hydrogen-bond donors (Lipinski definition) is 0. The monoisotopic (exact) mass is 575 g/mol. The first kappa shape index (κ1) is 28.0. The molecule has 0 amide bonds. The molecule has 218 valence electrons. The van der Waals surface area contributed by atoms with Crippen LogP contribution in [0, 0.1) is 27.7 Å². The zero-order chi connectivity index (χ0) is 30.7. The van der Waals surface area contributed by atoms with Gasteiger partial charge >= 0.3 is 0 Å². The van der Waals surface area contributed by atoms with Gasteiger partial charge in [-0.15, -0.1) is 0 Å². The summed E-state index contributed by atoms with van der Waals surface area (Å²) in [7, 11) is 0. The Bertz CT molecular complexity index is 2080. The third-order valence-electron chi connectivity index (χ3n) is 9.32. The van der Waals surface area contributed by atoms with Crippen LogP contribution in [0.15, 0.2) is 107 Å². The molecule has 3 aromatic carbocycles. The van der Waals surface area contributed by atoms with Crippen molar-refractivity contribution in [3.63, 3.8) is 0 Å². The highest BCUT2D eigenvalue weighted by atomic mass is 16.3. The summed E-state index contributed by atoms with van der Waals surface area (Å²) in [6.45, 7) is 21.2. The first-order valence-electron chi connectivity index (χ1n) is 15.4. The molecule has 0 saturated carbocycles. The molecule has 0 radical (unpaired) electrons. The number of furan rings is 1. The Balaban J connectivity index is 1.41. The van der Waals surface area contributed by atoms with Gasteiger partial charge in [-0.3, -0.25) is 9.98 Å². The Morgan fingerprint density at radius 2 is 1.61 bits per heavy atom. The molecule has 0 bridgehead atoms. The van der Waals surface area contributed by atoms with Gasteiger partial charge in [0.05, 0.1) is 23.2 Å². The second-order valence-corrected chi connectivity index (χ2v) is 12.3. The smallest absolute Gasteiger partial charge is 0.227 e. The molecule has 0 spiro atoms. The standard InChI is InChI=1S/C40H37N3O/c1-8-32-29-13-11-10-12-28(29)30-15-14-27-20-25(6)37-31-16-17-34(36-23(4)18-22(3)19-24(36)5)43-40(31)44-39(37)38(27)33(9-2)41-26(7)21-35(30)42-32/h8-13,16-20,30,35H,1-2,7,14-15,21H2,3-6H3/b41-33-. The van der Waals surface area contributed by atoms with Crippen LogP contribution in [0.1, 0.15) is 63.3 Å². The van der Waals surface area contributed by atoms with E-state index >= 15 is 0 Å². The lowest BCUT2D eigenvalue weighted by Crippen LogP contribution is -2.27. The predicted octanol–water partition coefficient (Wildman–Crippen LogP) is 9.85. The molecule has 4 heteroatoms. The van der Waals surface area contributed by atoms with E-state index in [0.717, 1.165) is 63.1 Å². The van der Waals surface area contributed by atoms with Crippen LogP contribution >= 0.6 is 0 Å². The molecule has 4 heterocycles. The average molecular weight is 576 g/mol. The van der Waals surface area contributed by atoms with Crippen LogP contribution in [-0.4, -0.2) is 22.4 Å². The molecule has 2 aliphatic rings. The largest absolute Gasteiger partial charge is 0.437 e. The summed E-state index contributed by atoms with van der Waals surface area (Å²) >= 11 is 0. The first-order chi connectivity index (χ1) is 21.3. The number of aromatic nitrogens is 1. The molecule has 2 aliphatic heterocycles. The van der Waals surface area contributed by atoms with E-state index in [4.69, 9.17) is 19.4 Å². The average Bonchev–Trinajstić information content (AvgIpc) is 3.38. The molecule has 0 fully saturated rings. The van der Waals surface area contributed by atoms with E-state index < -0.39 is 0 Å². The van der Waals surface area contributed by atoms with Crippen molar-refractivity contribution in [3.05, 3.63) is 137 Å². The van der Waals surface area contributed by atoms with Gasteiger partial charge in [0.2, 0.25) is 5.71 Å². The van der Waals surface area contributed by atoms with Crippen LogP contribution in [0.3, 0.4) is 0 Å². The second-order valence-electron chi connectivity index (χ2n) is 12.3. The van der Waals surface area contributed by atoms with E-state index in [9.17, 15) is 0 Å². The molecule has 44 heavy (non-hydrogen) atoms. The lowest BCUT2D eigenvalue weighted by atomic mass is 9.78. The number of fused-ring (bicyclic) bond motifs is 8. The zero-order valence-corrected chi connectivity index (χ0v) is 26.0. The Hall–Kier alpha value is -4.83. The van der Waals surface area contributed by atoms with Gasteiger partial charge < -0.3 is 4.42 Å². The maximum absolute atomic E-state index is 6.72. The fourth-order valence-electron chi connectivity index (χ4n) is 7.57. The summed E-state index contributed by atoms with van der Waals surface area (Å²) in [5, 5.41) is 2.09. The van der Waals surface area contributed by atoms with E-state index in [2.05, 4.69) is 102 Å². The van der Waals surface area contributed by atoms with Gasteiger partial charge in [-0.1, -0.05) is 67.8 Å². The highest BCUT2D eigenvalue weighted by molar-refractivity contribution is 6.20. The van der Waals surface area contributed by atoms with Gasteiger partial charge in [0.25, 0.3) is 0 Å².